The van der Waals surface area contributed by atoms with Gasteiger partial charge in [0.1, 0.15) is 5.69 Å². The van der Waals surface area contributed by atoms with E-state index in [0.717, 1.165) is 17.8 Å². The molecule has 7 heteroatoms. The standard InChI is InChI=1S/C14H7BrClF3N2/c15-12-11-5-4-9(14(17,18)19)7-21(11)20-13(12)8-2-1-3-10(16)6-8/h1-7H. The number of benzene rings is 1. The minimum Gasteiger partial charge on any atom is -0.239 e. The van der Waals surface area contributed by atoms with Crippen LogP contribution in [0.3, 0.4) is 0 Å². The van der Waals surface area contributed by atoms with Crippen molar-refractivity contribution < 1.29 is 13.2 Å². The van der Waals surface area contributed by atoms with E-state index in [4.69, 9.17) is 11.6 Å². The third-order valence-electron chi connectivity index (χ3n) is 2.99. The van der Waals surface area contributed by atoms with E-state index in [0.29, 0.717) is 20.7 Å². The molecule has 0 aliphatic rings. The van der Waals surface area contributed by atoms with Gasteiger partial charge in [0, 0.05) is 16.8 Å². The fourth-order valence-corrected chi connectivity index (χ4v) is 2.82. The first-order chi connectivity index (χ1) is 9.86. The highest BCUT2D eigenvalue weighted by atomic mass is 79.9. The van der Waals surface area contributed by atoms with E-state index < -0.39 is 11.7 Å². The molecule has 0 saturated carbocycles. The molecule has 108 valence electrons. The summed E-state index contributed by atoms with van der Waals surface area (Å²) in [5.74, 6) is 0. The third kappa shape index (κ3) is 2.65. The maximum Gasteiger partial charge on any atom is 0.417 e. The molecule has 21 heavy (non-hydrogen) atoms. The number of hydrogen-bond donors (Lipinski definition) is 0. The Morgan fingerprint density at radius 2 is 1.90 bits per heavy atom. The molecule has 0 spiro atoms. The summed E-state index contributed by atoms with van der Waals surface area (Å²) in [6.45, 7) is 0. The molecule has 0 N–H and O–H groups in total. The lowest BCUT2D eigenvalue weighted by atomic mass is 10.1. The lowest BCUT2D eigenvalue weighted by Gasteiger charge is -2.05. The molecule has 0 atom stereocenters. The van der Waals surface area contributed by atoms with Crippen molar-refractivity contribution in [3.05, 3.63) is 57.7 Å². The van der Waals surface area contributed by atoms with Crippen LogP contribution in [0.5, 0.6) is 0 Å². The van der Waals surface area contributed by atoms with Gasteiger partial charge in [0.15, 0.2) is 0 Å². The van der Waals surface area contributed by atoms with Crippen molar-refractivity contribution in [3.63, 3.8) is 0 Å². The number of aromatic nitrogens is 2. The normalized spacial score (nSPS) is 12.0. The summed E-state index contributed by atoms with van der Waals surface area (Å²) < 4.78 is 40.0. The number of halogens is 5. The second-order valence-electron chi connectivity index (χ2n) is 4.42. The van der Waals surface area contributed by atoms with Crippen LogP contribution in [0.2, 0.25) is 5.02 Å². The van der Waals surface area contributed by atoms with Gasteiger partial charge < -0.3 is 0 Å². The second kappa shape index (κ2) is 5.03. The summed E-state index contributed by atoms with van der Waals surface area (Å²) in [4.78, 5) is 0. The first kappa shape index (κ1) is 14.4. The molecule has 0 fully saturated rings. The number of pyridine rings is 1. The van der Waals surface area contributed by atoms with E-state index in [-0.39, 0.29) is 0 Å². The molecule has 0 radical (unpaired) electrons. The summed E-state index contributed by atoms with van der Waals surface area (Å²) >= 11 is 9.31. The molecule has 0 saturated heterocycles. The van der Waals surface area contributed by atoms with E-state index in [1.807, 2.05) is 0 Å². The second-order valence-corrected chi connectivity index (χ2v) is 5.65. The average molecular weight is 376 g/mol. The van der Waals surface area contributed by atoms with Crippen molar-refractivity contribution in [1.29, 1.82) is 0 Å². The van der Waals surface area contributed by atoms with Gasteiger partial charge in [0.2, 0.25) is 0 Å². The monoisotopic (exact) mass is 374 g/mol. The van der Waals surface area contributed by atoms with E-state index in [2.05, 4.69) is 21.0 Å². The van der Waals surface area contributed by atoms with Crippen LogP contribution in [0.1, 0.15) is 5.56 Å². The fraction of sp³-hybridized carbons (Fsp3) is 0.0714. The molecule has 3 aromatic rings. The van der Waals surface area contributed by atoms with Crippen LogP contribution in [0.25, 0.3) is 16.8 Å². The van der Waals surface area contributed by atoms with Crippen LogP contribution < -0.4 is 0 Å². The fourth-order valence-electron chi connectivity index (χ4n) is 2.01. The van der Waals surface area contributed by atoms with Crippen LogP contribution in [0.15, 0.2) is 47.1 Å². The molecular formula is C14H7BrClF3N2. The Hall–Kier alpha value is -1.53. The van der Waals surface area contributed by atoms with Crippen molar-refractivity contribution in [3.8, 4) is 11.3 Å². The Kier molecular flexibility index (Phi) is 3.45. The Morgan fingerprint density at radius 1 is 1.14 bits per heavy atom. The van der Waals surface area contributed by atoms with Gasteiger partial charge in [0.25, 0.3) is 0 Å². The van der Waals surface area contributed by atoms with Gasteiger partial charge in [-0.2, -0.15) is 18.3 Å². The van der Waals surface area contributed by atoms with Crippen LogP contribution in [-0.4, -0.2) is 9.61 Å². The number of alkyl halides is 3. The smallest absolute Gasteiger partial charge is 0.239 e. The summed E-state index contributed by atoms with van der Waals surface area (Å²) in [5, 5.41) is 4.74. The SMILES string of the molecule is FC(F)(F)c1ccc2c(Br)c(-c3cccc(Cl)c3)nn2c1. The van der Waals surface area contributed by atoms with Crippen LogP contribution in [-0.2, 0) is 6.18 Å². The Labute approximate surface area is 131 Å². The topological polar surface area (TPSA) is 17.3 Å². The minimum absolute atomic E-state index is 0.535. The van der Waals surface area contributed by atoms with Crippen LogP contribution in [0.4, 0.5) is 13.2 Å². The number of fused-ring (bicyclic) bond motifs is 1. The largest absolute Gasteiger partial charge is 0.417 e. The van der Waals surface area contributed by atoms with Gasteiger partial charge in [0.05, 0.1) is 15.6 Å². The maximum atomic E-state index is 12.7. The van der Waals surface area contributed by atoms with Gasteiger partial charge in [-0.1, -0.05) is 23.7 Å². The Bertz CT molecular complexity index is 827. The lowest BCUT2D eigenvalue weighted by Crippen LogP contribution is -2.06. The average Bonchev–Trinajstić information content (AvgIpc) is 2.75. The highest BCUT2D eigenvalue weighted by molar-refractivity contribution is 9.10. The van der Waals surface area contributed by atoms with Crippen molar-refractivity contribution in [2.75, 3.05) is 0 Å². The molecule has 0 amide bonds. The number of nitrogens with zero attached hydrogens (tertiary/aromatic N) is 2. The quantitative estimate of drug-likeness (QED) is 0.554. The first-order valence-corrected chi connectivity index (χ1v) is 7.04. The van der Waals surface area contributed by atoms with Crippen molar-refractivity contribution in [2.24, 2.45) is 0 Å². The highest BCUT2D eigenvalue weighted by Gasteiger charge is 2.31. The van der Waals surface area contributed by atoms with Gasteiger partial charge in [-0.15, -0.1) is 0 Å². The first-order valence-electron chi connectivity index (χ1n) is 5.87. The number of hydrogen-bond acceptors (Lipinski definition) is 1. The van der Waals surface area contributed by atoms with Gasteiger partial charge in [-0.3, -0.25) is 0 Å². The molecule has 2 aromatic heterocycles. The van der Waals surface area contributed by atoms with Gasteiger partial charge in [-0.05, 0) is 40.2 Å². The molecule has 2 heterocycles. The maximum absolute atomic E-state index is 12.7. The molecule has 2 nitrogen and oxygen atoms in total. The molecule has 0 bridgehead atoms. The minimum atomic E-state index is -4.40. The predicted octanol–water partition coefficient (Wildman–Crippen LogP) is 5.44. The molecule has 3 rings (SSSR count). The summed E-state index contributed by atoms with van der Waals surface area (Å²) in [5.41, 5.74) is 1.07. The van der Waals surface area contributed by atoms with E-state index in [9.17, 15) is 13.2 Å². The summed E-state index contributed by atoms with van der Waals surface area (Å²) in [7, 11) is 0. The number of rotatable bonds is 1. The highest BCUT2D eigenvalue weighted by Crippen LogP contribution is 2.34. The Morgan fingerprint density at radius 3 is 2.57 bits per heavy atom. The van der Waals surface area contributed by atoms with Gasteiger partial charge in [-0.25, -0.2) is 4.52 Å². The molecule has 1 aromatic carbocycles. The van der Waals surface area contributed by atoms with Crippen molar-refractivity contribution >= 4 is 33.0 Å². The predicted molar refractivity (Wildman–Crippen MR) is 78.3 cm³/mol. The van der Waals surface area contributed by atoms with Crippen molar-refractivity contribution in [1.82, 2.24) is 9.61 Å². The molecule has 0 aliphatic heterocycles. The molecule has 0 aliphatic carbocycles. The molecule has 0 unspecified atom stereocenters. The van der Waals surface area contributed by atoms with E-state index in [1.165, 1.54) is 10.6 Å². The van der Waals surface area contributed by atoms with E-state index in [1.54, 1.807) is 24.3 Å². The van der Waals surface area contributed by atoms with Crippen LogP contribution >= 0.6 is 27.5 Å². The zero-order valence-corrected chi connectivity index (χ0v) is 12.7. The molecular weight excluding hydrogens is 369 g/mol. The summed E-state index contributed by atoms with van der Waals surface area (Å²) in [6, 6.07) is 9.39. The van der Waals surface area contributed by atoms with Crippen molar-refractivity contribution in [2.45, 2.75) is 6.18 Å². The lowest BCUT2D eigenvalue weighted by molar-refractivity contribution is -0.137. The van der Waals surface area contributed by atoms with Crippen LogP contribution in [0, 0.1) is 0 Å². The zero-order valence-electron chi connectivity index (χ0n) is 10.3. The van der Waals surface area contributed by atoms with Gasteiger partial charge >= 0.3 is 6.18 Å². The summed E-state index contributed by atoms with van der Waals surface area (Å²) in [6.07, 6.45) is -3.43. The zero-order chi connectivity index (χ0) is 15.2. The Balaban J connectivity index is 2.20. The third-order valence-corrected chi connectivity index (χ3v) is 4.01. The van der Waals surface area contributed by atoms with E-state index >= 15 is 0 Å².